The van der Waals surface area contributed by atoms with Crippen molar-refractivity contribution in [1.82, 2.24) is 15.4 Å². The van der Waals surface area contributed by atoms with Crippen LogP contribution in [0.1, 0.15) is 16.8 Å². The van der Waals surface area contributed by atoms with Crippen molar-refractivity contribution < 1.29 is 14.0 Å². The first kappa shape index (κ1) is 15.5. The molecule has 0 atom stereocenters. The third kappa shape index (κ3) is 3.35. The second kappa shape index (κ2) is 6.82. The van der Waals surface area contributed by atoms with Crippen LogP contribution >= 0.6 is 0 Å². The number of carbonyl (C=O) groups is 2. The molecule has 1 aromatic heterocycles. The third-order valence-electron chi connectivity index (χ3n) is 3.49. The lowest BCUT2D eigenvalue weighted by atomic mass is 10.2. The molecule has 0 bridgehead atoms. The summed E-state index contributed by atoms with van der Waals surface area (Å²) in [6.45, 7) is 0.156. The maximum Gasteiger partial charge on any atom is 0.419 e. The molecule has 3 aromatic rings. The summed E-state index contributed by atoms with van der Waals surface area (Å²) in [4.78, 5) is 35.5. The average Bonchev–Trinajstić information content (AvgIpc) is 2.93. The fraction of sp³-hybridized carbons (Fsp3) is 0.118. The van der Waals surface area contributed by atoms with Crippen molar-refractivity contribution in [2.45, 2.75) is 13.0 Å². The zero-order chi connectivity index (χ0) is 16.9. The highest BCUT2D eigenvalue weighted by molar-refractivity contribution is 5.95. The Labute approximate surface area is 136 Å². The molecule has 24 heavy (non-hydrogen) atoms. The fourth-order valence-corrected chi connectivity index (χ4v) is 2.29. The van der Waals surface area contributed by atoms with Crippen LogP contribution in [-0.4, -0.2) is 16.4 Å². The van der Waals surface area contributed by atoms with Crippen molar-refractivity contribution in [2.24, 2.45) is 0 Å². The van der Waals surface area contributed by atoms with Gasteiger partial charge in [0.2, 0.25) is 5.91 Å². The number of hydrogen-bond donors (Lipinski definition) is 2. The molecule has 0 saturated carbocycles. The van der Waals surface area contributed by atoms with Gasteiger partial charge in [-0.3, -0.25) is 25.0 Å². The largest absolute Gasteiger partial charge is 0.419 e. The van der Waals surface area contributed by atoms with Crippen LogP contribution in [0.25, 0.3) is 11.1 Å². The smallest absolute Gasteiger partial charge is 0.408 e. The molecule has 2 amide bonds. The highest BCUT2D eigenvalue weighted by Gasteiger charge is 2.11. The summed E-state index contributed by atoms with van der Waals surface area (Å²) in [5.74, 6) is -1.33. The predicted octanol–water partition coefficient (Wildman–Crippen LogP) is 1.45. The van der Waals surface area contributed by atoms with E-state index in [4.69, 9.17) is 4.42 Å². The first-order valence-corrected chi connectivity index (χ1v) is 7.38. The van der Waals surface area contributed by atoms with Gasteiger partial charge in [-0.25, -0.2) is 4.79 Å². The number of nitrogens with one attached hydrogen (secondary N) is 2. The van der Waals surface area contributed by atoms with Gasteiger partial charge < -0.3 is 4.42 Å². The maximum absolute atomic E-state index is 11.8. The Morgan fingerprint density at radius 3 is 2.46 bits per heavy atom. The molecule has 0 fully saturated rings. The van der Waals surface area contributed by atoms with Crippen molar-refractivity contribution >= 4 is 22.9 Å². The summed E-state index contributed by atoms with van der Waals surface area (Å²) in [5.41, 5.74) is 6.20. The average molecular weight is 325 g/mol. The molecule has 122 valence electrons. The number of rotatable bonds is 4. The van der Waals surface area contributed by atoms with Gasteiger partial charge in [-0.2, -0.15) is 0 Å². The van der Waals surface area contributed by atoms with Crippen molar-refractivity contribution in [3.05, 3.63) is 70.7 Å². The second-order valence-corrected chi connectivity index (χ2v) is 5.11. The molecule has 0 aliphatic carbocycles. The topological polar surface area (TPSA) is 93.3 Å². The predicted molar refractivity (Wildman–Crippen MR) is 87.1 cm³/mol. The molecule has 0 radical (unpaired) electrons. The van der Waals surface area contributed by atoms with Crippen LogP contribution in [0, 0.1) is 0 Å². The lowest BCUT2D eigenvalue weighted by molar-refractivity contribution is -0.122. The van der Waals surface area contributed by atoms with Gasteiger partial charge >= 0.3 is 5.76 Å². The standard InChI is InChI=1S/C17H15N3O4/c21-15(18-19-16(22)12-6-2-1-3-7-12)10-11-20-13-8-4-5-9-14(13)24-17(20)23/h1-9H,10-11H2,(H,18,21)(H,19,22). The number of aryl methyl sites for hydroxylation is 1. The van der Waals surface area contributed by atoms with Gasteiger partial charge in [0.15, 0.2) is 5.58 Å². The fourth-order valence-electron chi connectivity index (χ4n) is 2.29. The summed E-state index contributed by atoms with van der Waals surface area (Å²) in [6, 6.07) is 15.5. The van der Waals surface area contributed by atoms with Gasteiger partial charge in [0.1, 0.15) is 0 Å². The van der Waals surface area contributed by atoms with Gasteiger partial charge in [-0.05, 0) is 24.3 Å². The van der Waals surface area contributed by atoms with Crippen molar-refractivity contribution in [2.75, 3.05) is 0 Å². The molecular weight excluding hydrogens is 310 g/mol. The van der Waals surface area contributed by atoms with Crippen molar-refractivity contribution in [3.8, 4) is 0 Å². The number of carbonyl (C=O) groups excluding carboxylic acids is 2. The molecule has 0 aliphatic heterocycles. The van der Waals surface area contributed by atoms with E-state index < -0.39 is 17.6 Å². The number of amides is 2. The maximum atomic E-state index is 11.8. The number of para-hydroxylation sites is 2. The van der Waals surface area contributed by atoms with E-state index in [-0.39, 0.29) is 13.0 Å². The van der Waals surface area contributed by atoms with E-state index in [1.54, 1.807) is 54.6 Å². The summed E-state index contributed by atoms with van der Waals surface area (Å²) in [5, 5.41) is 0. The first-order valence-electron chi connectivity index (χ1n) is 7.38. The van der Waals surface area contributed by atoms with Crippen LogP contribution in [0.4, 0.5) is 0 Å². The van der Waals surface area contributed by atoms with E-state index in [1.165, 1.54) is 4.57 Å². The normalized spacial score (nSPS) is 10.5. The van der Waals surface area contributed by atoms with Crippen LogP contribution < -0.4 is 16.6 Å². The third-order valence-corrected chi connectivity index (χ3v) is 3.49. The van der Waals surface area contributed by atoms with E-state index in [0.29, 0.717) is 16.7 Å². The zero-order valence-electron chi connectivity index (χ0n) is 12.7. The van der Waals surface area contributed by atoms with E-state index in [0.717, 1.165) is 0 Å². The summed E-state index contributed by atoms with van der Waals surface area (Å²) < 4.78 is 6.48. The molecule has 1 heterocycles. The highest BCUT2D eigenvalue weighted by atomic mass is 16.4. The van der Waals surface area contributed by atoms with Crippen molar-refractivity contribution in [1.29, 1.82) is 0 Å². The van der Waals surface area contributed by atoms with E-state index >= 15 is 0 Å². The van der Waals surface area contributed by atoms with Gasteiger partial charge in [0, 0.05) is 18.5 Å². The first-order chi connectivity index (χ1) is 11.6. The number of benzene rings is 2. The Morgan fingerprint density at radius 2 is 1.67 bits per heavy atom. The Bertz CT molecular complexity index is 928. The SMILES string of the molecule is O=C(CCn1c(=O)oc2ccccc21)NNC(=O)c1ccccc1. The summed E-state index contributed by atoms with van der Waals surface area (Å²) in [7, 11) is 0. The number of oxazole rings is 1. The summed E-state index contributed by atoms with van der Waals surface area (Å²) in [6.07, 6.45) is 0.0263. The Kier molecular flexibility index (Phi) is 4.42. The molecule has 0 spiro atoms. The highest BCUT2D eigenvalue weighted by Crippen LogP contribution is 2.11. The van der Waals surface area contributed by atoms with Crippen molar-refractivity contribution in [3.63, 3.8) is 0 Å². The Morgan fingerprint density at radius 1 is 0.958 bits per heavy atom. The van der Waals surface area contributed by atoms with E-state index in [1.807, 2.05) is 0 Å². The second-order valence-electron chi connectivity index (χ2n) is 5.11. The van der Waals surface area contributed by atoms with Crippen LogP contribution in [0.2, 0.25) is 0 Å². The quantitative estimate of drug-likeness (QED) is 0.710. The van der Waals surface area contributed by atoms with Gasteiger partial charge in [0.25, 0.3) is 5.91 Å². The molecular formula is C17H15N3O4. The summed E-state index contributed by atoms with van der Waals surface area (Å²) >= 11 is 0. The molecule has 0 saturated heterocycles. The van der Waals surface area contributed by atoms with Gasteiger partial charge in [-0.1, -0.05) is 30.3 Å². The van der Waals surface area contributed by atoms with Gasteiger partial charge in [0.05, 0.1) is 5.52 Å². The number of nitrogens with zero attached hydrogens (tertiary/aromatic N) is 1. The lowest BCUT2D eigenvalue weighted by Crippen LogP contribution is -2.42. The molecule has 0 aliphatic rings. The molecule has 2 N–H and O–H groups in total. The van der Waals surface area contributed by atoms with E-state index in [9.17, 15) is 14.4 Å². The molecule has 7 nitrogen and oxygen atoms in total. The monoisotopic (exact) mass is 325 g/mol. The Balaban J connectivity index is 1.57. The lowest BCUT2D eigenvalue weighted by Gasteiger charge is -2.07. The zero-order valence-corrected chi connectivity index (χ0v) is 12.7. The van der Waals surface area contributed by atoms with Crippen LogP contribution in [0.3, 0.4) is 0 Å². The number of hydrogen-bond acceptors (Lipinski definition) is 4. The van der Waals surface area contributed by atoms with E-state index in [2.05, 4.69) is 10.9 Å². The number of hydrazine groups is 1. The molecule has 7 heteroatoms. The van der Waals surface area contributed by atoms with Crippen LogP contribution in [-0.2, 0) is 11.3 Å². The molecule has 2 aromatic carbocycles. The molecule has 0 unspecified atom stereocenters. The van der Waals surface area contributed by atoms with Gasteiger partial charge in [-0.15, -0.1) is 0 Å². The van der Waals surface area contributed by atoms with Crippen LogP contribution in [0.15, 0.2) is 63.8 Å². The minimum atomic E-state index is -0.516. The minimum absolute atomic E-state index is 0.0263. The molecule has 3 rings (SSSR count). The van der Waals surface area contributed by atoms with Crippen LogP contribution in [0.5, 0.6) is 0 Å². The number of fused-ring (bicyclic) bond motifs is 1. The Hall–Kier alpha value is -3.35. The minimum Gasteiger partial charge on any atom is -0.408 e. The number of aromatic nitrogens is 1.